The van der Waals surface area contributed by atoms with Gasteiger partial charge < -0.3 is 14.7 Å². The molecule has 9 heteroatoms. The van der Waals surface area contributed by atoms with Crippen molar-refractivity contribution in [2.24, 2.45) is 11.8 Å². The molecular formula is C31H37ClN2O5S. The largest absolute Gasteiger partial charge is 0.500 e. The number of fused-ring (bicyclic) bond motifs is 4. The molecule has 5 aliphatic rings. The average molecular weight is 585 g/mol. The van der Waals surface area contributed by atoms with Crippen LogP contribution in [0.4, 0.5) is 0 Å². The normalized spacial score (nSPS) is 34.4. The van der Waals surface area contributed by atoms with Crippen LogP contribution in [0.1, 0.15) is 56.1 Å². The predicted molar refractivity (Wildman–Crippen MR) is 155 cm³/mol. The Morgan fingerprint density at radius 1 is 1.18 bits per heavy atom. The number of benzene rings is 1. The lowest BCUT2D eigenvalue weighted by Gasteiger charge is -2.48. The van der Waals surface area contributed by atoms with E-state index in [1.165, 1.54) is 24.0 Å². The summed E-state index contributed by atoms with van der Waals surface area (Å²) in [6.45, 7) is 1.55. The second kappa shape index (κ2) is 11.0. The number of aliphatic hydroxyl groups is 1. The topological polar surface area (TPSA) is 95.9 Å². The van der Waals surface area contributed by atoms with Crippen LogP contribution in [0.2, 0.25) is 5.02 Å². The van der Waals surface area contributed by atoms with Gasteiger partial charge in [0.1, 0.15) is 5.25 Å². The van der Waals surface area contributed by atoms with E-state index >= 15 is 0 Å². The van der Waals surface area contributed by atoms with Crippen molar-refractivity contribution in [3.05, 3.63) is 81.8 Å². The number of ether oxygens (including phenoxy) is 1. The third-order valence-corrected chi connectivity index (χ3v) is 11.5. The van der Waals surface area contributed by atoms with Crippen molar-refractivity contribution in [2.45, 2.75) is 62.0 Å². The molecule has 1 aromatic rings. The number of aliphatic hydroxyl groups excluding tert-OH is 1. The van der Waals surface area contributed by atoms with Crippen molar-refractivity contribution in [3.63, 3.8) is 0 Å². The second-order valence-electron chi connectivity index (χ2n) is 12.0. The Labute approximate surface area is 241 Å². The molecular weight excluding hydrogens is 548 g/mol. The van der Waals surface area contributed by atoms with Crippen molar-refractivity contribution >= 4 is 27.5 Å². The molecule has 1 fully saturated rings. The molecule has 40 heavy (non-hydrogen) atoms. The summed E-state index contributed by atoms with van der Waals surface area (Å²) in [5.74, 6) is 0.465. The molecule has 0 saturated heterocycles. The van der Waals surface area contributed by atoms with Crippen LogP contribution < -0.4 is 4.72 Å². The summed E-state index contributed by atoms with van der Waals surface area (Å²) in [7, 11) is -4.04. The van der Waals surface area contributed by atoms with Crippen LogP contribution in [0.3, 0.4) is 0 Å². The summed E-state index contributed by atoms with van der Waals surface area (Å²) in [6.07, 6.45) is 16.0. The first kappa shape index (κ1) is 27.6. The van der Waals surface area contributed by atoms with E-state index in [4.69, 9.17) is 16.3 Å². The minimum atomic E-state index is -4.04. The number of rotatable bonds is 1. The lowest BCUT2D eigenvalue weighted by atomic mass is 9.68. The van der Waals surface area contributed by atoms with Gasteiger partial charge in [-0.2, -0.15) is 0 Å². The molecule has 6 rings (SSSR count). The highest BCUT2D eigenvalue weighted by Crippen LogP contribution is 2.45. The average Bonchev–Trinajstić information content (AvgIpc) is 2.93. The molecule has 1 saturated carbocycles. The van der Waals surface area contributed by atoms with Gasteiger partial charge in [-0.15, -0.1) is 0 Å². The SMILES string of the molecule is O=C1NS(=O)(=O)[C@H](CO)CCC2=C\C[C@@H]3CC[C@H]3CN3C[C@@]4(CCCc5cc(Cl)ccc54)COC=CC=C1\C=C\23. The number of sulfonamides is 1. The van der Waals surface area contributed by atoms with E-state index in [1.807, 2.05) is 12.1 Å². The zero-order valence-corrected chi connectivity index (χ0v) is 24.2. The molecule has 1 aromatic carbocycles. The molecule has 0 unspecified atom stereocenters. The van der Waals surface area contributed by atoms with Gasteiger partial charge in [-0.25, -0.2) is 13.1 Å². The number of hydrogen-bond donors (Lipinski definition) is 2. The summed E-state index contributed by atoms with van der Waals surface area (Å²) in [5, 5.41) is 9.65. The fourth-order valence-corrected chi connectivity index (χ4v) is 8.54. The van der Waals surface area contributed by atoms with E-state index in [0.29, 0.717) is 24.9 Å². The maximum Gasteiger partial charge on any atom is 0.264 e. The molecule has 2 aliphatic carbocycles. The quantitative estimate of drug-likeness (QED) is 0.504. The van der Waals surface area contributed by atoms with E-state index in [-0.39, 0.29) is 17.4 Å². The Kier molecular flexibility index (Phi) is 7.61. The Morgan fingerprint density at radius 3 is 2.83 bits per heavy atom. The maximum absolute atomic E-state index is 13.4. The molecule has 3 heterocycles. The van der Waals surface area contributed by atoms with Crippen molar-refractivity contribution in [2.75, 3.05) is 26.3 Å². The van der Waals surface area contributed by atoms with Crippen LogP contribution in [0.15, 0.2) is 65.6 Å². The molecule has 4 atom stereocenters. The second-order valence-corrected chi connectivity index (χ2v) is 14.4. The van der Waals surface area contributed by atoms with Crippen molar-refractivity contribution in [1.29, 1.82) is 0 Å². The van der Waals surface area contributed by atoms with Gasteiger partial charge in [-0.3, -0.25) is 4.79 Å². The fraction of sp³-hybridized carbons (Fsp3) is 0.516. The predicted octanol–water partition coefficient (Wildman–Crippen LogP) is 4.53. The first-order valence-electron chi connectivity index (χ1n) is 14.4. The van der Waals surface area contributed by atoms with E-state index in [1.54, 1.807) is 18.4 Å². The van der Waals surface area contributed by atoms with Crippen molar-refractivity contribution in [3.8, 4) is 0 Å². The highest BCUT2D eigenvalue weighted by Gasteiger charge is 2.43. The van der Waals surface area contributed by atoms with Crippen molar-refractivity contribution < 1.29 is 23.1 Å². The summed E-state index contributed by atoms with van der Waals surface area (Å²) in [4.78, 5) is 15.8. The zero-order chi connectivity index (χ0) is 27.9. The number of allylic oxidation sites excluding steroid dienone is 4. The van der Waals surface area contributed by atoms with Gasteiger partial charge in [0.15, 0.2) is 0 Å². The van der Waals surface area contributed by atoms with Gasteiger partial charge in [0.2, 0.25) is 10.0 Å². The number of carbonyl (C=O) groups excluding carboxylic acids is 1. The highest BCUT2D eigenvalue weighted by molar-refractivity contribution is 7.90. The van der Waals surface area contributed by atoms with Crippen LogP contribution in [-0.4, -0.2) is 55.9 Å². The molecule has 0 radical (unpaired) electrons. The number of nitrogens with one attached hydrogen (secondary N) is 1. The van der Waals surface area contributed by atoms with Crippen LogP contribution >= 0.6 is 11.6 Å². The number of halogens is 1. The summed E-state index contributed by atoms with van der Waals surface area (Å²) < 4.78 is 34.3. The van der Waals surface area contributed by atoms with Gasteiger partial charge in [-0.05, 0) is 110 Å². The first-order chi connectivity index (χ1) is 19.3. The van der Waals surface area contributed by atoms with Crippen molar-refractivity contribution in [1.82, 2.24) is 9.62 Å². The molecule has 3 aliphatic heterocycles. The molecule has 2 N–H and O–H groups in total. The first-order valence-corrected chi connectivity index (χ1v) is 16.3. The molecule has 214 valence electrons. The Morgan fingerprint density at radius 2 is 2.02 bits per heavy atom. The molecule has 1 amide bonds. The van der Waals surface area contributed by atoms with Crippen LogP contribution in [0, 0.1) is 11.8 Å². The van der Waals surface area contributed by atoms with E-state index < -0.39 is 27.8 Å². The van der Waals surface area contributed by atoms with Gasteiger partial charge in [-0.1, -0.05) is 23.7 Å². The van der Waals surface area contributed by atoms with Gasteiger partial charge >= 0.3 is 0 Å². The maximum atomic E-state index is 13.4. The fourth-order valence-electron chi connectivity index (χ4n) is 7.17. The Hall–Kier alpha value is -2.55. The van der Waals surface area contributed by atoms with Crippen LogP contribution in [0.25, 0.3) is 0 Å². The molecule has 7 nitrogen and oxygen atoms in total. The summed E-state index contributed by atoms with van der Waals surface area (Å²) in [5.41, 5.74) is 4.52. The minimum Gasteiger partial charge on any atom is -0.500 e. The lowest BCUT2D eigenvalue weighted by Crippen LogP contribution is -2.49. The minimum absolute atomic E-state index is 0.235. The zero-order valence-electron chi connectivity index (χ0n) is 22.6. The highest BCUT2D eigenvalue weighted by atomic mass is 35.5. The standard InChI is InChI=1S/C31H37ClN2O5S/c32-26-10-12-28-23(15-26)3-1-13-31(28)19-34-17-25-8-6-21(25)5-7-22-9-11-27(18-35)40(37,38)33-30(36)24(16-29(22)34)4-2-14-39-20-31/h2,4,7,10,12,14-16,21,25,27,35H,1,3,5-6,8-9,11,13,17-20H2,(H,33,36)/b14-2?,22-7+,24-4?,29-16-/t21-,25+,27+,31+/m1/s1. The Balaban J connectivity index is 1.51. The number of nitrogens with zero attached hydrogens (tertiary/aromatic N) is 1. The number of amides is 1. The molecule has 2 bridgehead atoms. The van der Waals surface area contributed by atoms with Gasteiger partial charge in [0.25, 0.3) is 5.91 Å². The smallest absolute Gasteiger partial charge is 0.264 e. The Bertz CT molecular complexity index is 1410. The van der Waals surface area contributed by atoms with E-state index in [9.17, 15) is 18.3 Å². The third kappa shape index (κ3) is 5.26. The van der Waals surface area contributed by atoms with E-state index in [2.05, 4.69) is 27.8 Å². The molecule has 1 spiro atoms. The third-order valence-electron chi connectivity index (χ3n) is 9.58. The van der Waals surface area contributed by atoms with Gasteiger partial charge in [0.05, 0.1) is 19.5 Å². The number of carbonyl (C=O) groups is 1. The summed E-state index contributed by atoms with van der Waals surface area (Å²) >= 11 is 6.41. The lowest BCUT2D eigenvalue weighted by molar-refractivity contribution is -0.115. The van der Waals surface area contributed by atoms with Gasteiger partial charge in [0, 0.05) is 34.8 Å². The number of hydrogen-bond acceptors (Lipinski definition) is 6. The summed E-state index contributed by atoms with van der Waals surface area (Å²) in [6, 6.07) is 6.21. The van der Waals surface area contributed by atoms with Crippen LogP contribution in [0.5, 0.6) is 0 Å². The molecule has 0 aromatic heterocycles. The number of aryl methyl sites for hydroxylation is 1. The van der Waals surface area contributed by atoms with Crippen LogP contribution in [-0.2, 0) is 31.4 Å². The monoisotopic (exact) mass is 584 g/mol. The van der Waals surface area contributed by atoms with E-state index in [0.717, 1.165) is 55.1 Å².